The number of piperidine rings is 1. The molecule has 1 saturated carbocycles. The average Bonchev–Trinajstić information content (AvgIpc) is 2.86. The van der Waals surface area contributed by atoms with Crippen molar-refractivity contribution in [3.05, 3.63) is 0 Å². The topological polar surface area (TPSA) is 61.8 Å². The Morgan fingerprint density at radius 3 is 2.75 bits per heavy atom. The fraction of sp³-hybridized carbons (Fsp3) is 0.917. The van der Waals surface area contributed by atoms with Gasteiger partial charge in [0.15, 0.2) is 0 Å². The van der Waals surface area contributed by atoms with Crippen molar-refractivity contribution < 1.29 is 5.21 Å². The lowest BCUT2D eigenvalue weighted by molar-refractivity contribution is 0.193. The zero-order chi connectivity index (χ0) is 11.8. The maximum absolute atomic E-state index is 8.72. The molecule has 2 fully saturated rings. The molecule has 2 rings (SSSR count). The summed E-state index contributed by atoms with van der Waals surface area (Å²) in [5, 5.41) is 11.8. The maximum Gasteiger partial charge on any atom is 0.144 e. The molecule has 0 aromatic carbocycles. The van der Waals surface area contributed by atoms with Crippen LogP contribution in [0.25, 0.3) is 0 Å². The van der Waals surface area contributed by atoms with E-state index >= 15 is 0 Å². The summed E-state index contributed by atoms with van der Waals surface area (Å²) in [5.74, 6) is 1.29. The van der Waals surface area contributed by atoms with Gasteiger partial charge >= 0.3 is 0 Å². The van der Waals surface area contributed by atoms with Gasteiger partial charge in [0.2, 0.25) is 0 Å². The minimum Gasteiger partial charge on any atom is -0.409 e. The van der Waals surface area contributed by atoms with Gasteiger partial charge < -0.3 is 15.8 Å². The van der Waals surface area contributed by atoms with E-state index in [1.807, 2.05) is 13.8 Å². The van der Waals surface area contributed by atoms with Crippen molar-refractivity contribution in [2.45, 2.75) is 45.6 Å². The first-order valence-corrected chi connectivity index (χ1v) is 6.25. The molecule has 1 aliphatic carbocycles. The number of rotatable bonds is 4. The summed E-state index contributed by atoms with van der Waals surface area (Å²) in [7, 11) is 0. The number of hydrogen-bond acceptors (Lipinski definition) is 3. The van der Waals surface area contributed by atoms with Crippen molar-refractivity contribution in [2.24, 2.45) is 22.2 Å². The molecule has 92 valence electrons. The second-order valence-corrected chi connectivity index (χ2v) is 5.95. The Hall–Kier alpha value is -0.770. The van der Waals surface area contributed by atoms with Gasteiger partial charge in [0.25, 0.3) is 0 Å². The number of likely N-dealkylation sites (tertiary alicyclic amines) is 1. The van der Waals surface area contributed by atoms with Gasteiger partial charge in [0.05, 0.1) is 0 Å². The monoisotopic (exact) mass is 225 g/mol. The van der Waals surface area contributed by atoms with Gasteiger partial charge in [-0.05, 0) is 38.1 Å². The Morgan fingerprint density at radius 1 is 1.50 bits per heavy atom. The molecule has 2 unspecified atom stereocenters. The van der Waals surface area contributed by atoms with Gasteiger partial charge in [-0.15, -0.1) is 0 Å². The van der Waals surface area contributed by atoms with Crippen LogP contribution in [0.4, 0.5) is 0 Å². The van der Waals surface area contributed by atoms with Gasteiger partial charge in [0.1, 0.15) is 5.84 Å². The zero-order valence-electron chi connectivity index (χ0n) is 10.3. The van der Waals surface area contributed by atoms with Crippen molar-refractivity contribution >= 4 is 5.84 Å². The molecular formula is C12H23N3O. The molecule has 4 heteroatoms. The smallest absolute Gasteiger partial charge is 0.144 e. The van der Waals surface area contributed by atoms with E-state index in [1.165, 1.54) is 25.8 Å². The minimum atomic E-state index is -0.198. The van der Waals surface area contributed by atoms with Crippen LogP contribution in [0.2, 0.25) is 0 Å². The predicted molar refractivity (Wildman–Crippen MR) is 64.5 cm³/mol. The van der Waals surface area contributed by atoms with Gasteiger partial charge in [-0.25, -0.2) is 0 Å². The summed E-state index contributed by atoms with van der Waals surface area (Å²) >= 11 is 0. The fourth-order valence-electron chi connectivity index (χ4n) is 2.99. The lowest BCUT2D eigenvalue weighted by atomic mass is 9.87. The third-order valence-electron chi connectivity index (χ3n) is 4.35. The maximum atomic E-state index is 8.72. The molecule has 0 amide bonds. The molecular weight excluding hydrogens is 202 g/mol. The van der Waals surface area contributed by atoms with Gasteiger partial charge in [0, 0.05) is 18.0 Å². The summed E-state index contributed by atoms with van der Waals surface area (Å²) in [4.78, 5) is 2.58. The molecule has 3 N–H and O–H groups in total. The van der Waals surface area contributed by atoms with Gasteiger partial charge in [-0.3, -0.25) is 0 Å². The van der Waals surface area contributed by atoms with E-state index in [0.29, 0.717) is 5.84 Å². The van der Waals surface area contributed by atoms with Gasteiger partial charge in [-0.1, -0.05) is 19.0 Å². The highest BCUT2D eigenvalue weighted by atomic mass is 16.4. The molecule has 16 heavy (non-hydrogen) atoms. The Kier molecular flexibility index (Phi) is 3.10. The number of oxime groups is 1. The number of fused-ring (bicyclic) bond motifs is 2. The second kappa shape index (κ2) is 4.24. The van der Waals surface area contributed by atoms with E-state index in [-0.39, 0.29) is 5.41 Å². The lowest BCUT2D eigenvalue weighted by Crippen LogP contribution is -2.39. The van der Waals surface area contributed by atoms with Crippen LogP contribution in [-0.2, 0) is 0 Å². The van der Waals surface area contributed by atoms with Gasteiger partial charge in [-0.2, -0.15) is 0 Å². The van der Waals surface area contributed by atoms with E-state index in [0.717, 1.165) is 24.9 Å². The summed E-state index contributed by atoms with van der Waals surface area (Å²) in [5.41, 5.74) is 5.50. The number of nitrogens with two attached hydrogens (primary N) is 1. The lowest BCUT2D eigenvalue weighted by Gasteiger charge is -2.31. The number of hydrogen-bond donors (Lipinski definition) is 2. The fourth-order valence-corrected chi connectivity index (χ4v) is 2.99. The first-order chi connectivity index (χ1) is 7.53. The van der Waals surface area contributed by atoms with E-state index in [2.05, 4.69) is 10.1 Å². The van der Waals surface area contributed by atoms with Crippen molar-refractivity contribution in [3.63, 3.8) is 0 Å². The van der Waals surface area contributed by atoms with Crippen LogP contribution in [-0.4, -0.2) is 35.1 Å². The Balaban J connectivity index is 1.83. The minimum absolute atomic E-state index is 0.198. The number of amidine groups is 1. The van der Waals surface area contributed by atoms with Crippen LogP contribution >= 0.6 is 0 Å². The van der Waals surface area contributed by atoms with Crippen LogP contribution in [0.5, 0.6) is 0 Å². The molecule has 1 saturated heterocycles. The van der Waals surface area contributed by atoms with Crippen LogP contribution in [0.15, 0.2) is 5.16 Å². The standard InChI is InChI=1S/C12H23N3O/c1-12(2,11(13)14-16)5-6-15-8-9-3-4-10(15)7-9/h9-10,16H,3-8H2,1-2H3,(H2,13,14). The van der Waals surface area contributed by atoms with Crippen molar-refractivity contribution in [3.8, 4) is 0 Å². The molecule has 2 bridgehead atoms. The molecule has 0 aromatic heterocycles. The molecule has 0 spiro atoms. The normalized spacial score (nSPS) is 31.2. The molecule has 0 radical (unpaired) electrons. The molecule has 4 nitrogen and oxygen atoms in total. The number of nitrogens with zero attached hydrogens (tertiary/aromatic N) is 2. The Labute approximate surface area is 97.5 Å². The second-order valence-electron chi connectivity index (χ2n) is 5.95. The summed E-state index contributed by atoms with van der Waals surface area (Å²) in [6, 6.07) is 0.813. The van der Waals surface area contributed by atoms with Crippen LogP contribution in [0.1, 0.15) is 39.5 Å². The summed E-state index contributed by atoms with van der Waals surface area (Å²) in [6.45, 7) is 6.41. The van der Waals surface area contributed by atoms with E-state index in [9.17, 15) is 0 Å². The SMILES string of the molecule is CC(C)(CCN1CC2CCC1C2)C(N)=NO. The third kappa shape index (κ3) is 2.17. The Morgan fingerprint density at radius 2 is 2.25 bits per heavy atom. The zero-order valence-corrected chi connectivity index (χ0v) is 10.3. The first kappa shape index (κ1) is 11.7. The highest BCUT2D eigenvalue weighted by Gasteiger charge is 2.38. The van der Waals surface area contributed by atoms with Crippen LogP contribution < -0.4 is 5.73 Å². The third-order valence-corrected chi connectivity index (χ3v) is 4.35. The Bertz CT molecular complexity index is 288. The average molecular weight is 225 g/mol. The first-order valence-electron chi connectivity index (χ1n) is 6.25. The molecule has 1 heterocycles. The van der Waals surface area contributed by atoms with E-state index in [4.69, 9.17) is 10.9 Å². The molecule has 2 atom stereocenters. The van der Waals surface area contributed by atoms with Crippen molar-refractivity contribution in [1.82, 2.24) is 4.90 Å². The van der Waals surface area contributed by atoms with Crippen molar-refractivity contribution in [2.75, 3.05) is 13.1 Å². The summed E-state index contributed by atoms with van der Waals surface area (Å²) < 4.78 is 0. The van der Waals surface area contributed by atoms with E-state index in [1.54, 1.807) is 0 Å². The highest BCUT2D eigenvalue weighted by Crippen LogP contribution is 2.38. The summed E-state index contributed by atoms with van der Waals surface area (Å²) in [6.07, 6.45) is 5.15. The molecule has 1 aliphatic heterocycles. The highest BCUT2D eigenvalue weighted by molar-refractivity contribution is 5.85. The largest absolute Gasteiger partial charge is 0.409 e. The molecule has 2 aliphatic rings. The van der Waals surface area contributed by atoms with Crippen LogP contribution in [0, 0.1) is 11.3 Å². The van der Waals surface area contributed by atoms with E-state index < -0.39 is 0 Å². The quantitative estimate of drug-likeness (QED) is 0.331. The van der Waals surface area contributed by atoms with Crippen LogP contribution in [0.3, 0.4) is 0 Å². The predicted octanol–water partition coefficient (Wildman–Crippen LogP) is 1.63. The molecule has 0 aromatic rings. The van der Waals surface area contributed by atoms with Crippen molar-refractivity contribution in [1.29, 1.82) is 0 Å².